The predicted octanol–water partition coefficient (Wildman–Crippen LogP) is 0.925. The highest BCUT2D eigenvalue weighted by Crippen LogP contribution is 2.14. The number of carbonyl (C=O) groups excluding carboxylic acids is 1. The Balaban J connectivity index is 2.64. The first-order valence-corrected chi connectivity index (χ1v) is 6.37. The molecule has 1 amide bonds. The molecule has 7 heteroatoms. The van der Waals surface area contributed by atoms with Gasteiger partial charge < -0.3 is 15.2 Å². The van der Waals surface area contributed by atoms with Gasteiger partial charge in [-0.3, -0.25) is 4.79 Å². The second-order valence-corrected chi connectivity index (χ2v) is 4.80. The Morgan fingerprint density at radius 2 is 2.33 bits per heavy atom. The van der Waals surface area contributed by atoms with Gasteiger partial charge in [0.05, 0.1) is 17.8 Å². The second kappa shape index (κ2) is 7.07. The Morgan fingerprint density at radius 3 is 2.89 bits per heavy atom. The molecule has 1 unspecified atom stereocenters. The van der Waals surface area contributed by atoms with E-state index in [1.54, 1.807) is 0 Å². The van der Waals surface area contributed by atoms with Crippen LogP contribution >= 0.6 is 11.3 Å². The van der Waals surface area contributed by atoms with Crippen molar-refractivity contribution in [3.05, 3.63) is 16.1 Å². The van der Waals surface area contributed by atoms with E-state index in [4.69, 9.17) is 9.84 Å². The van der Waals surface area contributed by atoms with E-state index in [2.05, 4.69) is 10.3 Å². The predicted molar refractivity (Wildman–Crippen MR) is 66.9 cm³/mol. The topological polar surface area (TPSA) is 88.5 Å². The van der Waals surface area contributed by atoms with Crippen molar-refractivity contribution in [2.75, 3.05) is 13.7 Å². The SMILES string of the molecule is CCCc1ncc(C(=O)NC(COC)C(=O)O)s1. The number of amides is 1. The lowest BCUT2D eigenvalue weighted by Gasteiger charge is -2.12. The second-order valence-electron chi connectivity index (χ2n) is 3.69. The lowest BCUT2D eigenvalue weighted by molar-refractivity contribution is -0.140. The number of carboxylic acids is 1. The molecule has 1 aromatic heterocycles. The summed E-state index contributed by atoms with van der Waals surface area (Å²) in [6, 6.07) is -1.04. The number of ether oxygens (including phenoxy) is 1. The van der Waals surface area contributed by atoms with Gasteiger partial charge in [-0.25, -0.2) is 9.78 Å². The van der Waals surface area contributed by atoms with Gasteiger partial charge in [-0.2, -0.15) is 0 Å². The van der Waals surface area contributed by atoms with Crippen molar-refractivity contribution < 1.29 is 19.4 Å². The van der Waals surface area contributed by atoms with Crippen LogP contribution in [0.15, 0.2) is 6.20 Å². The zero-order valence-corrected chi connectivity index (χ0v) is 11.1. The van der Waals surface area contributed by atoms with Crippen molar-refractivity contribution in [2.24, 2.45) is 0 Å². The fourth-order valence-corrected chi connectivity index (χ4v) is 2.24. The average Bonchev–Trinajstić information content (AvgIpc) is 2.77. The van der Waals surface area contributed by atoms with E-state index in [0.29, 0.717) is 4.88 Å². The van der Waals surface area contributed by atoms with Crippen molar-refractivity contribution in [1.29, 1.82) is 0 Å². The number of nitrogens with zero attached hydrogens (tertiary/aromatic N) is 1. The molecule has 2 N–H and O–H groups in total. The first-order chi connectivity index (χ1) is 8.58. The monoisotopic (exact) mass is 272 g/mol. The van der Waals surface area contributed by atoms with Crippen LogP contribution in [0.1, 0.15) is 28.0 Å². The van der Waals surface area contributed by atoms with E-state index >= 15 is 0 Å². The highest BCUT2D eigenvalue weighted by Gasteiger charge is 2.21. The molecule has 0 aromatic carbocycles. The summed E-state index contributed by atoms with van der Waals surface area (Å²) in [6.07, 6.45) is 3.24. The zero-order valence-electron chi connectivity index (χ0n) is 10.3. The average molecular weight is 272 g/mol. The number of rotatable bonds is 7. The number of methoxy groups -OCH3 is 1. The van der Waals surface area contributed by atoms with Gasteiger partial charge >= 0.3 is 5.97 Å². The van der Waals surface area contributed by atoms with E-state index in [1.165, 1.54) is 24.6 Å². The molecular formula is C11H16N2O4S. The van der Waals surface area contributed by atoms with Gasteiger partial charge in [0.1, 0.15) is 4.88 Å². The Labute approximate surface area is 109 Å². The molecule has 0 saturated heterocycles. The number of thiazole rings is 1. The summed E-state index contributed by atoms with van der Waals surface area (Å²) >= 11 is 1.28. The highest BCUT2D eigenvalue weighted by molar-refractivity contribution is 7.13. The van der Waals surface area contributed by atoms with Crippen LogP contribution in [0.4, 0.5) is 0 Å². The van der Waals surface area contributed by atoms with Gasteiger partial charge in [0.2, 0.25) is 0 Å². The summed E-state index contributed by atoms with van der Waals surface area (Å²) in [5.41, 5.74) is 0. The third-order valence-corrected chi connectivity index (χ3v) is 3.23. The van der Waals surface area contributed by atoms with Crippen LogP contribution in [0.3, 0.4) is 0 Å². The van der Waals surface area contributed by atoms with Crippen LogP contribution in [0.5, 0.6) is 0 Å². The number of hydrogen-bond donors (Lipinski definition) is 2. The largest absolute Gasteiger partial charge is 0.480 e. The highest BCUT2D eigenvalue weighted by atomic mass is 32.1. The molecule has 1 atom stereocenters. The Hall–Kier alpha value is -1.47. The first-order valence-electron chi connectivity index (χ1n) is 5.55. The molecule has 6 nitrogen and oxygen atoms in total. The van der Waals surface area contributed by atoms with Crippen molar-refractivity contribution in [3.63, 3.8) is 0 Å². The number of aliphatic carboxylic acids is 1. The van der Waals surface area contributed by atoms with Crippen LogP contribution in [-0.2, 0) is 16.0 Å². The molecule has 0 saturated carbocycles. The maximum Gasteiger partial charge on any atom is 0.328 e. The van der Waals surface area contributed by atoms with Crippen molar-refractivity contribution >= 4 is 23.2 Å². The summed E-state index contributed by atoms with van der Waals surface area (Å²) < 4.78 is 4.74. The van der Waals surface area contributed by atoms with E-state index in [1.807, 2.05) is 6.92 Å². The summed E-state index contributed by atoms with van der Waals surface area (Å²) in [7, 11) is 1.38. The molecule has 0 aliphatic rings. The zero-order chi connectivity index (χ0) is 13.5. The van der Waals surface area contributed by atoms with Gasteiger partial charge in [-0.15, -0.1) is 11.3 Å². The maximum atomic E-state index is 11.8. The molecule has 1 aromatic rings. The fourth-order valence-electron chi connectivity index (χ4n) is 1.32. The number of hydrogen-bond acceptors (Lipinski definition) is 5. The van der Waals surface area contributed by atoms with Gasteiger partial charge in [-0.1, -0.05) is 6.92 Å². The molecule has 100 valence electrons. The van der Waals surface area contributed by atoms with Crippen LogP contribution in [0, 0.1) is 0 Å². The normalized spacial score (nSPS) is 12.1. The van der Waals surface area contributed by atoms with Crippen LogP contribution in [-0.4, -0.2) is 41.7 Å². The number of aromatic nitrogens is 1. The molecular weight excluding hydrogens is 256 g/mol. The lowest BCUT2D eigenvalue weighted by atomic mass is 10.3. The fraction of sp³-hybridized carbons (Fsp3) is 0.545. The minimum Gasteiger partial charge on any atom is -0.480 e. The van der Waals surface area contributed by atoms with Gasteiger partial charge in [0, 0.05) is 7.11 Å². The van der Waals surface area contributed by atoms with Gasteiger partial charge in [0.15, 0.2) is 6.04 Å². The van der Waals surface area contributed by atoms with E-state index in [-0.39, 0.29) is 6.61 Å². The minimum absolute atomic E-state index is 0.0678. The van der Waals surface area contributed by atoms with Crippen LogP contribution in [0.25, 0.3) is 0 Å². The van der Waals surface area contributed by atoms with Crippen molar-refractivity contribution in [3.8, 4) is 0 Å². The summed E-state index contributed by atoms with van der Waals surface area (Å²) in [4.78, 5) is 27.2. The third-order valence-electron chi connectivity index (χ3n) is 2.18. The molecule has 18 heavy (non-hydrogen) atoms. The summed E-state index contributed by atoms with van der Waals surface area (Å²) in [5, 5.41) is 12.2. The Bertz CT molecular complexity index is 419. The van der Waals surface area contributed by atoms with E-state index < -0.39 is 17.9 Å². The number of carboxylic acid groups (broad SMARTS) is 1. The van der Waals surface area contributed by atoms with Gasteiger partial charge in [-0.05, 0) is 12.8 Å². The number of aryl methyl sites for hydroxylation is 1. The van der Waals surface area contributed by atoms with E-state index in [9.17, 15) is 9.59 Å². The summed E-state index contributed by atoms with van der Waals surface area (Å²) in [5.74, 6) is -1.55. The van der Waals surface area contributed by atoms with Crippen LogP contribution in [0.2, 0.25) is 0 Å². The maximum absolute atomic E-state index is 11.8. The number of carbonyl (C=O) groups is 2. The van der Waals surface area contributed by atoms with E-state index in [0.717, 1.165) is 17.8 Å². The third kappa shape index (κ3) is 4.08. The molecule has 0 fully saturated rings. The molecule has 0 aliphatic carbocycles. The lowest BCUT2D eigenvalue weighted by Crippen LogP contribution is -2.43. The standard InChI is InChI=1S/C11H16N2O4S/c1-3-4-9-12-5-8(18-9)10(14)13-7(6-17-2)11(15)16/h5,7H,3-4,6H2,1-2H3,(H,13,14)(H,15,16). The minimum atomic E-state index is -1.12. The Kier molecular flexibility index (Phi) is 5.73. The van der Waals surface area contributed by atoms with Crippen molar-refractivity contribution in [2.45, 2.75) is 25.8 Å². The van der Waals surface area contributed by atoms with Gasteiger partial charge in [0.25, 0.3) is 5.91 Å². The molecule has 1 heterocycles. The quantitative estimate of drug-likeness (QED) is 0.770. The smallest absolute Gasteiger partial charge is 0.328 e. The molecule has 0 spiro atoms. The van der Waals surface area contributed by atoms with Crippen LogP contribution < -0.4 is 5.32 Å². The molecule has 0 bridgehead atoms. The Morgan fingerprint density at radius 1 is 1.61 bits per heavy atom. The molecule has 0 radical (unpaired) electrons. The first kappa shape index (κ1) is 14.6. The van der Waals surface area contributed by atoms with Crippen molar-refractivity contribution in [1.82, 2.24) is 10.3 Å². The molecule has 0 aliphatic heterocycles. The molecule has 1 rings (SSSR count). The number of nitrogens with one attached hydrogen (secondary N) is 1. The summed E-state index contributed by atoms with van der Waals surface area (Å²) in [6.45, 7) is 1.96.